The van der Waals surface area contributed by atoms with Crippen molar-refractivity contribution in [2.75, 3.05) is 5.32 Å². The molecular weight excluding hydrogens is 300 g/mol. The van der Waals surface area contributed by atoms with Gasteiger partial charge < -0.3 is 5.32 Å². The molecule has 3 rings (SSSR count). The number of nitrogens with one attached hydrogen (secondary N) is 2. The number of anilines is 1. The molecule has 2 N–H and O–H groups in total. The van der Waals surface area contributed by atoms with E-state index in [1.54, 1.807) is 24.3 Å². The number of aromatic nitrogens is 4. The number of carbonyl (C=O) groups excluding carboxylic acids is 1. The summed E-state index contributed by atoms with van der Waals surface area (Å²) in [5, 5.41) is 23.7. The third kappa shape index (κ3) is 3.40. The number of benzene rings is 1. The number of aromatic amines is 1. The summed E-state index contributed by atoms with van der Waals surface area (Å²) in [6, 6.07) is 8.60. The minimum atomic E-state index is -0.502. The van der Waals surface area contributed by atoms with Gasteiger partial charge in [0.05, 0.1) is 17.7 Å². The first-order valence-electron chi connectivity index (χ1n) is 6.68. The van der Waals surface area contributed by atoms with E-state index < -0.39 is 4.92 Å². The van der Waals surface area contributed by atoms with Gasteiger partial charge in [-0.1, -0.05) is 12.1 Å². The van der Waals surface area contributed by atoms with Gasteiger partial charge in [0.1, 0.15) is 18.2 Å². The Hall–Kier alpha value is -3.49. The van der Waals surface area contributed by atoms with Crippen LogP contribution < -0.4 is 5.32 Å². The number of nitrogens with zero attached hydrogens (tertiary/aromatic N) is 4. The van der Waals surface area contributed by atoms with Crippen molar-refractivity contribution in [1.29, 1.82) is 0 Å². The first-order chi connectivity index (χ1) is 11.1. The largest absolute Gasteiger partial charge is 0.307 e. The molecule has 0 fully saturated rings. The van der Waals surface area contributed by atoms with Gasteiger partial charge in [0.15, 0.2) is 0 Å². The van der Waals surface area contributed by atoms with Gasteiger partial charge in [0.2, 0.25) is 0 Å². The number of hydrogen-bond donors (Lipinski definition) is 2. The molecule has 0 atom stereocenters. The minimum Gasteiger partial charge on any atom is -0.307 e. The van der Waals surface area contributed by atoms with Crippen molar-refractivity contribution >= 4 is 17.4 Å². The molecule has 0 radical (unpaired) electrons. The van der Waals surface area contributed by atoms with E-state index in [2.05, 4.69) is 20.6 Å². The van der Waals surface area contributed by atoms with E-state index in [1.165, 1.54) is 23.3 Å². The number of carbonyl (C=O) groups is 1. The Morgan fingerprint density at radius 3 is 2.96 bits per heavy atom. The predicted molar refractivity (Wildman–Crippen MR) is 81.0 cm³/mol. The molecule has 0 aliphatic heterocycles. The number of hydrogen-bond acceptors (Lipinski definition) is 5. The van der Waals surface area contributed by atoms with Crippen LogP contribution in [0.3, 0.4) is 0 Å². The summed E-state index contributed by atoms with van der Waals surface area (Å²) >= 11 is 0. The zero-order valence-corrected chi connectivity index (χ0v) is 11.8. The molecule has 116 valence electrons. The molecule has 3 aromatic rings. The van der Waals surface area contributed by atoms with Crippen molar-refractivity contribution in [3.8, 4) is 0 Å². The Balaban J connectivity index is 1.73. The van der Waals surface area contributed by atoms with Crippen LogP contribution in [0.1, 0.15) is 15.9 Å². The highest BCUT2D eigenvalue weighted by Gasteiger charge is 2.11. The first-order valence-corrected chi connectivity index (χ1v) is 6.68. The van der Waals surface area contributed by atoms with Crippen LogP contribution in [-0.2, 0) is 6.54 Å². The van der Waals surface area contributed by atoms with Gasteiger partial charge in [0.25, 0.3) is 5.91 Å². The fourth-order valence-electron chi connectivity index (χ4n) is 2.05. The molecule has 23 heavy (non-hydrogen) atoms. The topological polar surface area (TPSA) is 119 Å². The van der Waals surface area contributed by atoms with Crippen molar-refractivity contribution in [2.45, 2.75) is 6.54 Å². The summed E-state index contributed by atoms with van der Waals surface area (Å²) in [5.41, 5.74) is 1.21. The fraction of sp³-hybridized carbons (Fsp3) is 0.0714. The summed E-state index contributed by atoms with van der Waals surface area (Å²) in [5.74, 6) is 0.227. The van der Waals surface area contributed by atoms with E-state index in [0.717, 1.165) is 5.56 Å². The van der Waals surface area contributed by atoms with Crippen LogP contribution in [0, 0.1) is 10.1 Å². The monoisotopic (exact) mass is 312 g/mol. The maximum atomic E-state index is 12.1. The summed E-state index contributed by atoms with van der Waals surface area (Å²) in [6.07, 6.45) is 4.07. The average molecular weight is 312 g/mol. The molecule has 9 nitrogen and oxygen atoms in total. The normalized spacial score (nSPS) is 10.4. The van der Waals surface area contributed by atoms with Crippen molar-refractivity contribution in [3.05, 3.63) is 70.2 Å². The zero-order chi connectivity index (χ0) is 16.2. The van der Waals surface area contributed by atoms with E-state index >= 15 is 0 Å². The Morgan fingerprint density at radius 1 is 1.39 bits per heavy atom. The lowest BCUT2D eigenvalue weighted by atomic mass is 10.1. The van der Waals surface area contributed by atoms with Crippen molar-refractivity contribution in [3.63, 3.8) is 0 Å². The van der Waals surface area contributed by atoms with E-state index in [4.69, 9.17) is 0 Å². The Kier molecular flexibility index (Phi) is 3.83. The maximum absolute atomic E-state index is 12.1. The van der Waals surface area contributed by atoms with E-state index in [9.17, 15) is 14.9 Å². The lowest BCUT2D eigenvalue weighted by Gasteiger charge is -2.06. The van der Waals surface area contributed by atoms with Crippen molar-refractivity contribution in [2.24, 2.45) is 0 Å². The molecule has 0 spiro atoms. The Labute approximate surface area is 130 Å². The summed E-state index contributed by atoms with van der Waals surface area (Å²) in [6.45, 7) is 0.332. The average Bonchev–Trinajstić information content (AvgIpc) is 3.19. The molecule has 2 heterocycles. The SMILES string of the molecule is O=C(Nc1ccn[nH]1)c1cccc(Cn2cc([N+](=O)[O-])cn2)c1. The highest BCUT2D eigenvalue weighted by atomic mass is 16.6. The van der Waals surface area contributed by atoms with Crippen LogP contribution >= 0.6 is 0 Å². The minimum absolute atomic E-state index is 0.0712. The predicted octanol–water partition coefficient (Wildman–Crippen LogP) is 1.81. The fourth-order valence-corrected chi connectivity index (χ4v) is 2.05. The third-order valence-corrected chi connectivity index (χ3v) is 3.11. The van der Waals surface area contributed by atoms with Gasteiger partial charge in [0, 0.05) is 11.6 Å². The van der Waals surface area contributed by atoms with Crippen LogP contribution in [0.5, 0.6) is 0 Å². The van der Waals surface area contributed by atoms with Crippen LogP contribution in [-0.4, -0.2) is 30.8 Å². The number of amides is 1. The third-order valence-electron chi connectivity index (χ3n) is 3.11. The van der Waals surface area contributed by atoms with E-state index in [-0.39, 0.29) is 11.6 Å². The smallest absolute Gasteiger partial charge is 0.307 e. The molecule has 0 bridgehead atoms. The van der Waals surface area contributed by atoms with Gasteiger partial charge in [-0.15, -0.1) is 0 Å². The highest BCUT2D eigenvalue weighted by Crippen LogP contribution is 2.12. The zero-order valence-electron chi connectivity index (χ0n) is 11.8. The number of rotatable bonds is 5. The van der Waals surface area contributed by atoms with Crippen molar-refractivity contribution in [1.82, 2.24) is 20.0 Å². The summed E-state index contributed by atoms with van der Waals surface area (Å²) in [7, 11) is 0. The highest BCUT2D eigenvalue weighted by molar-refractivity contribution is 6.03. The lowest BCUT2D eigenvalue weighted by Crippen LogP contribution is -2.12. The van der Waals surface area contributed by atoms with E-state index in [0.29, 0.717) is 17.9 Å². The Bertz CT molecular complexity index is 840. The van der Waals surface area contributed by atoms with Gasteiger partial charge in [-0.25, -0.2) is 0 Å². The van der Waals surface area contributed by atoms with E-state index in [1.807, 2.05) is 6.07 Å². The molecular formula is C14H12N6O3. The molecule has 0 aliphatic rings. The molecule has 1 aromatic carbocycles. The lowest BCUT2D eigenvalue weighted by molar-refractivity contribution is -0.385. The second-order valence-corrected chi connectivity index (χ2v) is 4.78. The van der Waals surface area contributed by atoms with Crippen LogP contribution in [0.25, 0.3) is 0 Å². The summed E-state index contributed by atoms with van der Waals surface area (Å²) < 4.78 is 1.45. The number of nitro groups is 1. The molecule has 0 aliphatic carbocycles. The van der Waals surface area contributed by atoms with Crippen LogP contribution in [0.15, 0.2) is 48.9 Å². The molecule has 2 aromatic heterocycles. The molecule has 0 saturated heterocycles. The maximum Gasteiger partial charge on any atom is 0.307 e. The van der Waals surface area contributed by atoms with Gasteiger partial charge in [-0.3, -0.25) is 24.7 Å². The standard InChI is InChI=1S/C14H12N6O3/c21-14(17-13-4-5-15-18-13)11-3-1-2-10(6-11)8-19-9-12(7-16-19)20(22)23/h1-7,9H,8H2,(H2,15,17,18,21). The molecule has 9 heteroatoms. The van der Waals surface area contributed by atoms with Gasteiger partial charge in [-0.05, 0) is 17.7 Å². The molecule has 0 unspecified atom stereocenters. The van der Waals surface area contributed by atoms with Gasteiger partial charge in [-0.2, -0.15) is 10.2 Å². The Morgan fingerprint density at radius 2 is 2.26 bits per heavy atom. The van der Waals surface area contributed by atoms with Crippen LogP contribution in [0.2, 0.25) is 0 Å². The van der Waals surface area contributed by atoms with Gasteiger partial charge >= 0.3 is 5.69 Å². The quantitative estimate of drug-likeness (QED) is 0.550. The van der Waals surface area contributed by atoms with Crippen molar-refractivity contribution < 1.29 is 9.72 Å². The van der Waals surface area contributed by atoms with Crippen LogP contribution in [0.4, 0.5) is 11.5 Å². The summed E-state index contributed by atoms with van der Waals surface area (Å²) in [4.78, 5) is 22.3. The first kappa shape index (κ1) is 14.4. The second-order valence-electron chi connectivity index (χ2n) is 4.78. The number of H-pyrrole nitrogens is 1. The molecule has 1 amide bonds. The second kappa shape index (κ2) is 6.10. The molecule has 0 saturated carbocycles.